The van der Waals surface area contributed by atoms with Gasteiger partial charge in [-0.05, 0) is 12.5 Å². The third kappa shape index (κ3) is 7.54. The second-order valence-electron chi connectivity index (χ2n) is 2.20. The number of hydrogen-bond donors (Lipinski definition) is 1. The van der Waals surface area contributed by atoms with Gasteiger partial charge in [-0.25, -0.2) is 0 Å². The minimum absolute atomic E-state index is 0.159. The maximum atomic E-state index is 5.61. The lowest BCUT2D eigenvalue weighted by molar-refractivity contribution is 0.818. The Morgan fingerprint density at radius 3 is 1.54 bits per heavy atom. The quantitative estimate of drug-likeness (QED) is 0.701. The molecular weight excluding hydrogens is 158 g/mol. The smallest absolute Gasteiger partial charge is 0.0266 e. The summed E-state index contributed by atoms with van der Waals surface area (Å²) in [5.41, 5.74) is 6.81. The van der Waals surface area contributed by atoms with Gasteiger partial charge in [0.15, 0.2) is 0 Å². The Bertz CT molecular complexity index is 168. The third-order valence-electron chi connectivity index (χ3n) is 1.33. The zero-order valence-electron chi connectivity index (χ0n) is 9.54. The molecule has 0 fully saturated rings. The van der Waals surface area contributed by atoms with E-state index in [0.717, 1.165) is 0 Å². The molecule has 1 heteroatoms. The van der Waals surface area contributed by atoms with Crippen molar-refractivity contribution in [3.8, 4) is 0 Å². The van der Waals surface area contributed by atoms with Gasteiger partial charge in [0.2, 0.25) is 0 Å². The average molecular weight is 181 g/mol. The molecule has 0 spiro atoms. The van der Waals surface area contributed by atoms with E-state index in [1.807, 2.05) is 65.0 Å². The molecule has 0 amide bonds. The van der Waals surface area contributed by atoms with Gasteiger partial charge in [0.05, 0.1) is 0 Å². The summed E-state index contributed by atoms with van der Waals surface area (Å²) in [6.45, 7) is 9.98. The molecule has 1 atom stereocenters. The SMILES string of the molecule is CC.CC.CC(N)c1ccccc1. The maximum absolute atomic E-state index is 5.61. The van der Waals surface area contributed by atoms with E-state index in [2.05, 4.69) is 0 Å². The third-order valence-corrected chi connectivity index (χ3v) is 1.33. The van der Waals surface area contributed by atoms with E-state index >= 15 is 0 Å². The summed E-state index contributed by atoms with van der Waals surface area (Å²) in [6.07, 6.45) is 0. The van der Waals surface area contributed by atoms with E-state index in [1.54, 1.807) is 0 Å². The molecule has 1 unspecified atom stereocenters. The first kappa shape index (κ1) is 14.7. The van der Waals surface area contributed by atoms with Crippen molar-refractivity contribution in [3.05, 3.63) is 35.9 Å². The van der Waals surface area contributed by atoms with Gasteiger partial charge >= 0.3 is 0 Å². The van der Waals surface area contributed by atoms with Crippen molar-refractivity contribution < 1.29 is 0 Å². The van der Waals surface area contributed by atoms with Crippen LogP contribution in [-0.4, -0.2) is 0 Å². The molecule has 0 bridgehead atoms. The lowest BCUT2D eigenvalue weighted by atomic mass is 10.1. The van der Waals surface area contributed by atoms with Crippen molar-refractivity contribution in [2.75, 3.05) is 0 Å². The lowest BCUT2D eigenvalue weighted by Crippen LogP contribution is -2.03. The van der Waals surface area contributed by atoms with E-state index in [-0.39, 0.29) is 6.04 Å². The molecule has 1 rings (SSSR count). The van der Waals surface area contributed by atoms with Crippen LogP contribution >= 0.6 is 0 Å². The maximum Gasteiger partial charge on any atom is 0.0266 e. The van der Waals surface area contributed by atoms with Crippen LogP contribution in [-0.2, 0) is 0 Å². The van der Waals surface area contributed by atoms with Gasteiger partial charge in [-0.15, -0.1) is 0 Å². The van der Waals surface area contributed by atoms with Crippen LogP contribution < -0.4 is 5.73 Å². The van der Waals surface area contributed by atoms with Crippen LogP contribution in [0, 0.1) is 0 Å². The van der Waals surface area contributed by atoms with Gasteiger partial charge in [0, 0.05) is 6.04 Å². The molecule has 0 saturated carbocycles. The van der Waals surface area contributed by atoms with Crippen LogP contribution in [0.1, 0.15) is 46.2 Å². The van der Waals surface area contributed by atoms with Crippen LogP contribution in [0.25, 0.3) is 0 Å². The van der Waals surface area contributed by atoms with E-state index in [4.69, 9.17) is 5.73 Å². The topological polar surface area (TPSA) is 26.0 Å². The van der Waals surface area contributed by atoms with Gasteiger partial charge in [-0.2, -0.15) is 0 Å². The fourth-order valence-corrected chi connectivity index (χ4v) is 0.757. The molecule has 0 radical (unpaired) electrons. The van der Waals surface area contributed by atoms with Crippen LogP contribution in [0.15, 0.2) is 30.3 Å². The standard InChI is InChI=1S/C8H11N.2C2H6/c1-7(9)8-5-3-2-4-6-8;2*1-2/h2-7H,9H2,1H3;2*1-2H3. The Kier molecular flexibility index (Phi) is 12.6. The predicted molar refractivity (Wildman–Crippen MR) is 61.7 cm³/mol. The second-order valence-corrected chi connectivity index (χ2v) is 2.20. The first-order valence-corrected chi connectivity index (χ1v) is 5.11. The zero-order chi connectivity index (χ0) is 10.7. The van der Waals surface area contributed by atoms with Crippen LogP contribution in [0.3, 0.4) is 0 Å². The van der Waals surface area contributed by atoms with Gasteiger partial charge < -0.3 is 5.73 Å². The minimum atomic E-state index is 0.159. The molecular formula is C12H23N. The highest BCUT2D eigenvalue weighted by molar-refractivity contribution is 5.17. The Labute approximate surface area is 83.0 Å². The Hall–Kier alpha value is -0.820. The van der Waals surface area contributed by atoms with Gasteiger partial charge in [0.1, 0.15) is 0 Å². The van der Waals surface area contributed by atoms with E-state index in [1.165, 1.54) is 5.56 Å². The van der Waals surface area contributed by atoms with Crippen molar-refractivity contribution in [1.82, 2.24) is 0 Å². The lowest BCUT2D eigenvalue weighted by Gasteiger charge is -2.02. The molecule has 0 aliphatic carbocycles. The number of nitrogens with two attached hydrogens (primary N) is 1. The van der Waals surface area contributed by atoms with Gasteiger partial charge in [-0.3, -0.25) is 0 Å². The molecule has 13 heavy (non-hydrogen) atoms. The van der Waals surface area contributed by atoms with Crippen LogP contribution in [0.5, 0.6) is 0 Å². The van der Waals surface area contributed by atoms with Crippen molar-refractivity contribution in [1.29, 1.82) is 0 Å². The molecule has 0 saturated heterocycles. The molecule has 76 valence electrons. The highest BCUT2D eigenvalue weighted by Gasteiger charge is 1.93. The van der Waals surface area contributed by atoms with Crippen molar-refractivity contribution >= 4 is 0 Å². The Balaban J connectivity index is 0. The minimum Gasteiger partial charge on any atom is -0.324 e. The van der Waals surface area contributed by atoms with Crippen molar-refractivity contribution in [2.24, 2.45) is 5.73 Å². The van der Waals surface area contributed by atoms with E-state index in [9.17, 15) is 0 Å². The molecule has 1 aromatic carbocycles. The summed E-state index contributed by atoms with van der Waals surface area (Å²) in [4.78, 5) is 0. The highest BCUT2D eigenvalue weighted by Crippen LogP contribution is 2.06. The summed E-state index contributed by atoms with van der Waals surface area (Å²) in [5.74, 6) is 0. The number of hydrogen-bond acceptors (Lipinski definition) is 1. The molecule has 1 aromatic rings. The molecule has 0 aliphatic heterocycles. The molecule has 1 nitrogen and oxygen atoms in total. The van der Waals surface area contributed by atoms with Crippen molar-refractivity contribution in [3.63, 3.8) is 0 Å². The average Bonchev–Trinajstić information content (AvgIpc) is 2.25. The molecule has 2 N–H and O–H groups in total. The second kappa shape index (κ2) is 11.2. The van der Waals surface area contributed by atoms with Gasteiger partial charge in [0.25, 0.3) is 0 Å². The summed E-state index contributed by atoms with van der Waals surface area (Å²) in [6, 6.07) is 10.2. The summed E-state index contributed by atoms with van der Waals surface area (Å²) in [7, 11) is 0. The van der Waals surface area contributed by atoms with E-state index < -0.39 is 0 Å². The van der Waals surface area contributed by atoms with Crippen molar-refractivity contribution in [2.45, 2.75) is 40.7 Å². The molecule has 0 aliphatic rings. The number of rotatable bonds is 1. The zero-order valence-corrected chi connectivity index (χ0v) is 9.54. The number of benzene rings is 1. The van der Waals surface area contributed by atoms with Crippen LogP contribution in [0.2, 0.25) is 0 Å². The van der Waals surface area contributed by atoms with Gasteiger partial charge in [-0.1, -0.05) is 58.0 Å². The monoisotopic (exact) mass is 181 g/mol. The van der Waals surface area contributed by atoms with Crippen LogP contribution in [0.4, 0.5) is 0 Å². The molecule has 0 aromatic heterocycles. The molecule has 0 heterocycles. The normalized spacial score (nSPS) is 10.0. The largest absolute Gasteiger partial charge is 0.324 e. The summed E-state index contributed by atoms with van der Waals surface area (Å²) in [5, 5.41) is 0. The van der Waals surface area contributed by atoms with E-state index in [0.29, 0.717) is 0 Å². The predicted octanol–water partition coefficient (Wildman–Crippen LogP) is 3.76. The fraction of sp³-hybridized carbons (Fsp3) is 0.500. The first-order valence-electron chi connectivity index (χ1n) is 5.11. The highest BCUT2D eigenvalue weighted by atomic mass is 14.6. The summed E-state index contributed by atoms with van der Waals surface area (Å²) < 4.78 is 0. The Morgan fingerprint density at radius 1 is 0.923 bits per heavy atom. The Morgan fingerprint density at radius 2 is 1.31 bits per heavy atom. The summed E-state index contributed by atoms with van der Waals surface area (Å²) >= 11 is 0. The first-order chi connectivity index (χ1) is 6.30. The fourth-order valence-electron chi connectivity index (χ4n) is 0.757.